The third-order valence-corrected chi connectivity index (χ3v) is 8.63. The number of hydrogen-bond donors (Lipinski definition) is 2. The summed E-state index contributed by atoms with van der Waals surface area (Å²) in [6.45, 7) is 3.05. The Hall–Kier alpha value is -1.20. The lowest BCUT2D eigenvalue weighted by molar-refractivity contribution is -0.123. The van der Waals surface area contributed by atoms with Gasteiger partial charge in [0, 0.05) is 11.1 Å². The molecule has 156 valence electrons. The van der Waals surface area contributed by atoms with Crippen LogP contribution in [-0.2, 0) is 24.7 Å². The third-order valence-electron chi connectivity index (χ3n) is 5.11. The Morgan fingerprint density at radius 1 is 1.18 bits per heavy atom. The fourth-order valence-corrected chi connectivity index (χ4v) is 6.96. The first-order valence-electron chi connectivity index (χ1n) is 9.10. The average molecular weight is 450 g/mol. The van der Waals surface area contributed by atoms with Gasteiger partial charge in [0.1, 0.15) is 0 Å². The van der Waals surface area contributed by atoms with Crippen LogP contribution in [0, 0.1) is 0 Å². The zero-order valence-electron chi connectivity index (χ0n) is 15.5. The van der Waals surface area contributed by atoms with Crippen molar-refractivity contribution in [3.63, 3.8) is 0 Å². The van der Waals surface area contributed by atoms with Gasteiger partial charge in [0.2, 0.25) is 15.9 Å². The molecular formula is C17H24ClN3O5S2. The van der Waals surface area contributed by atoms with Gasteiger partial charge in [-0.1, -0.05) is 11.6 Å². The molecule has 3 rings (SSSR count). The molecule has 2 heterocycles. The Balaban J connectivity index is 1.66. The van der Waals surface area contributed by atoms with E-state index in [0.717, 1.165) is 25.9 Å². The van der Waals surface area contributed by atoms with Crippen LogP contribution in [0.25, 0.3) is 0 Å². The summed E-state index contributed by atoms with van der Waals surface area (Å²) in [7, 11) is -7.15. The van der Waals surface area contributed by atoms with Crippen molar-refractivity contribution < 1.29 is 21.6 Å². The predicted octanol–water partition coefficient (Wildman–Crippen LogP) is 0.384. The standard InChI is InChI=1S/C17H24ClN3O5S2/c1-12(20-28(25,26)14-6-4-13(18)5-7-14)17(22)19-15-10-27(23,24)11-16(15)21-8-2-3-9-21/h4-7,12,15-16,20H,2-3,8-11H2,1H3,(H,19,22)/t12-,15?,16?/m0/s1. The second-order valence-electron chi connectivity index (χ2n) is 7.30. The van der Waals surface area contributed by atoms with Crippen molar-refractivity contribution >= 4 is 37.4 Å². The zero-order valence-corrected chi connectivity index (χ0v) is 17.9. The molecule has 2 N–H and O–H groups in total. The predicted molar refractivity (Wildman–Crippen MR) is 106 cm³/mol. The summed E-state index contributed by atoms with van der Waals surface area (Å²) in [4.78, 5) is 14.7. The van der Waals surface area contributed by atoms with Gasteiger partial charge in [0.05, 0.1) is 28.5 Å². The normalized spacial score (nSPS) is 26.2. The fourth-order valence-electron chi connectivity index (χ4n) is 3.68. The van der Waals surface area contributed by atoms with Crippen molar-refractivity contribution in [3.05, 3.63) is 29.3 Å². The van der Waals surface area contributed by atoms with Gasteiger partial charge in [-0.3, -0.25) is 9.69 Å². The van der Waals surface area contributed by atoms with Crippen molar-refractivity contribution in [2.24, 2.45) is 0 Å². The van der Waals surface area contributed by atoms with Crippen LogP contribution in [0.4, 0.5) is 0 Å². The maximum atomic E-state index is 12.6. The monoisotopic (exact) mass is 449 g/mol. The van der Waals surface area contributed by atoms with Crippen LogP contribution in [0.5, 0.6) is 0 Å². The van der Waals surface area contributed by atoms with Crippen molar-refractivity contribution in [1.29, 1.82) is 0 Å². The van der Waals surface area contributed by atoms with E-state index in [0.29, 0.717) is 5.02 Å². The molecule has 2 unspecified atom stereocenters. The summed E-state index contributed by atoms with van der Waals surface area (Å²) in [6, 6.07) is 3.73. The lowest BCUT2D eigenvalue weighted by atomic mass is 10.1. The molecule has 2 fully saturated rings. The van der Waals surface area contributed by atoms with Crippen molar-refractivity contribution in [2.45, 2.75) is 42.8 Å². The molecule has 11 heteroatoms. The molecule has 1 amide bonds. The van der Waals surface area contributed by atoms with Gasteiger partial charge in [0.25, 0.3) is 0 Å². The van der Waals surface area contributed by atoms with E-state index in [2.05, 4.69) is 14.9 Å². The fraction of sp³-hybridized carbons (Fsp3) is 0.588. The summed E-state index contributed by atoms with van der Waals surface area (Å²) in [5, 5.41) is 3.14. The highest BCUT2D eigenvalue weighted by molar-refractivity contribution is 7.91. The molecule has 2 saturated heterocycles. The molecule has 0 spiro atoms. The minimum Gasteiger partial charge on any atom is -0.349 e. The summed E-state index contributed by atoms with van der Waals surface area (Å²) >= 11 is 5.77. The summed E-state index contributed by atoms with van der Waals surface area (Å²) in [6.07, 6.45) is 2.02. The molecule has 0 aliphatic carbocycles. The van der Waals surface area contributed by atoms with Gasteiger partial charge < -0.3 is 5.32 Å². The van der Waals surface area contributed by atoms with Crippen LogP contribution in [0.1, 0.15) is 19.8 Å². The number of carbonyl (C=O) groups is 1. The number of hydrogen-bond acceptors (Lipinski definition) is 6. The number of nitrogens with zero attached hydrogens (tertiary/aromatic N) is 1. The van der Waals surface area contributed by atoms with Crippen molar-refractivity contribution in [3.8, 4) is 0 Å². The van der Waals surface area contributed by atoms with E-state index in [9.17, 15) is 21.6 Å². The second-order valence-corrected chi connectivity index (χ2v) is 11.6. The molecule has 2 aliphatic heterocycles. The summed E-state index contributed by atoms with van der Waals surface area (Å²) < 4.78 is 51.4. The number of amides is 1. The first-order chi connectivity index (χ1) is 13.1. The smallest absolute Gasteiger partial charge is 0.241 e. The molecule has 2 aliphatic rings. The van der Waals surface area contributed by atoms with Crippen LogP contribution in [0.15, 0.2) is 29.2 Å². The molecule has 28 heavy (non-hydrogen) atoms. The first-order valence-corrected chi connectivity index (χ1v) is 12.8. The second kappa shape index (κ2) is 8.27. The van der Waals surface area contributed by atoms with Gasteiger partial charge in [-0.15, -0.1) is 0 Å². The highest BCUT2D eigenvalue weighted by atomic mass is 35.5. The average Bonchev–Trinajstić information content (AvgIpc) is 3.22. The number of nitrogens with one attached hydrogen (secondary N) is 2. The number of likely N-dealkylation sites (tertiary alicyclic amines) is 1. The SMILES string of the molecule is C[C@H](NS(=O)(=O)c1ccc(Cl)cc1)C(=O)NC1CS(=O)(=O)CC1N1CCCC1. The Morgan fingerprint density at radius 3 is 2.39 bits per heavy atom. The minimum atomic E-state index is -3.91. The number of rotatable bonds is 6. The lowest BCUT2D eigenvalue weighted by Crippen LogP contribution is -2.54. The lowest BCUT2D eigenvalue weighted by Gasteiger charge is -2.29. The number of carbonyl (C=O) groups excluding carboxylic acids is 1. The molecule has 0 saturated carbocycles. The molecular weight excluding hydrogens is 426 g/mol. The highest BCUT2D eigenvalue weighted by Gasteiger charge is 2.42. The summed E-state index contributed by atoms with van der Waals surface area (Å²) in [5.74, 6) is -0.664. The molecule has 1 aromatic carbocycles. The summed E-state index contributed by atoms with van der Waals surface area (Å²) in [5.41, 5.74) is 0. The van der Waals surface area contributed by atoms with E-state index in [1.165, 1.54) is 31.2 Å². The Labute approximate surface area is 170 Å². The maximum Gasteiger partial charge on any atom is 0.241 e. The van der Waals surface area contributed by atoms with Crippen LogP contribution >= 0.6 is 11.6 Å². The Bertz CT molecular complexity index is 928. The zero-order chi connectivity index (χ0) is 20.5. The van der Waals surface area contributed by atoms with Crippen LogP contribution in [-0.4, -0.2) is 70.4 Å². The molecule has 1 aromatic rings. The van der Waals surface area contributed by atoms with E-state index < -0.39 is 37.9 Å². The molecule has 0 aromatic heterocycles. The van der Waals surface area contributed by atoms with Gasteiger partial charge in [-0.2, -0.15) is 4.72 Å². The van der Waals surface area contributed by atoms with Crippen molar-refractivity contribution in [2.75, 3.05) is 24.6 Å². The van der Waals surface area contributed by atoms with E-state index in [1.54, 1.807) is 0 Å². The van der Waals surface area contributed by atoms with Gasteiger partial charge in [-0.25, -0.2) is 16.8 Å². The minimum absolute atomic E-state index is 0.00469. The van der Waals surface area contributed by atoms with Gasteiger partial charge >= 0.3 is 0 Å². The highest BCUT2D eigenvalue weighted by Crippen LogP contribution is 2.23. The van der Waals surface area contributed by atoms with Crippen LogP contribution in [0.3, 0.4) is 0 Å². The number of sulfone groups is 1. The number of sulfonamides is 1. The van der Waals surface area contributed by atoms with Crippen molar-refractivity contribution in [1.82, 2.24) is 14.9 Å². The Morgan fingerprint density at radius 2 is 1.79 bits per heavy atom. The van der Waals surface area contributed by atoms with E-state index in [1.807, 2.05) is 0 Å². The van der Waals surface area contributed by atoms with Crippen LogP contribution in [0.2, 0.25) is 5.02 Å². The first kappa shape index (κ1) is 21.5. The molecule has 0 bridgehead atoms. The molecule has 3 atom stereocenters. The maximum absolute atomic E-state index is 12.6. The number of halogens is 1. The van der Waals surface area contributed by atoms with E-state index >= 15 is 0 Å². The van der Waals surface area contributed by atoms with Gasteiger partial charge in [-0.05, 0) is 57.1 Å². The molecule has 8 nitrogen and oxygen atoms in total. The van der Waals surface area contributed by atoms with Gasteiger partial charge in [0.15, 0.2) is 9.84 Å². The van der Waals surface area contributed by atoms with E-state index in [-0.39, 0.29) is 22.4 Å². The van der Waals surface area contributed by atoms with Crippen LogP contribution < -0.4 is 10.0 Å². The largest absolute Gasteiger partial charge is 0.349 e. The molecule has 0 radical (unpaired) electrons. The quantitative estimate of drug-likeness (QED) is 0.649. The third kappa shape index (κ3) is 5.04. The van der Waals surface area contributed by atoms with E-state index in [4.69, 9.17) is 11.6 Å². The Kier molecular flexibility index (Phi) is 6.35. The number of benzene rings is 1. The topological polar surface area (TPSA) is 113 Å².